The van der Waals surface area contributed by atoms with Gasteiger partial charge in [0.1, 0.15) is 12.4 Å². The Morgan fingerprint density at radius 1 is 1.63 bits per heavy atom. The molecular weight excluding hydrogens is 248 g/mol. The second-order valence-electron chi connectivity index (χ2n) is 4.60. The van der Waals surface area contributed by atoms with E-state index in [2.05, 4.69) is 4.90 Å². The van der Waals surface area contributed by atoms with E-state index in [0.29, 0.717) is 24.5 Å². The molecule has 1 aromatic carbocycles. The number of likely N-dealkylation sites (N-methyl/N-ethyl adjacent to an activating group) is 1. The predicted molar refractivity (Wildman–Crippen MR) is 68.3 cm³/mol. The molecule has 0 aliphatic carbocycles. The van der Waals surface area contributed by atoms with Crippen molar-refractivity contribution in [2.45, 2.75) is 12.6 Å². The van der Waals surface area contributed by atoms with Crippen LogP contribution in [0, 0.1) is 0 Å². The number of amides is 1. The third-order valence-corrected chi connectivity index (χ3v) is 3.26. The molecule has 1 atom stereocenters. The number of hydroxylamine groups is 1. The van der Waals surface area contributed by atoms with Crippen molar-refractivity contribution in [1.29, 1.82) is 0 Å². The van der Waals surface area contributed by atoms with E-state index in [1.807, 2.05) is 13.1 Å². The molecule has 6 heteroatoms. The van der Waals surface area contributed by atoms with E-state index < -0.39 is 5.91 Å². The van der Waals surface area contributed by atoms with E-state index in [1.54, 1.807) is 24.7 Å². The lowest BCUT2D eigenvalue weighted by molar-refractivity contribution is 0.0705. The lowest BCUT2D eigenvalue weighted by atomic mass is 10.1. The molecule has 1 amide bonds. The van der Waals surface area contributed by atoms with Crippen molar-refractivity contribution in [1.82, 2.24) is 10.4 Å². The lowest BCUT2D eigenvalue weighted by Gasteiger charge is -2.23. The van der Waals surface area contributed by atoms with E-state index >= 15 is 0 Å². The summed E-state index contributed by atoms with van der Waals surface area (Å²) in [7, 11) is 3.67. The van der Waals surface area contributed by atoms with E-state index in [1.165, 1.54) is 0 Å². The number of carbonyl (C=O) groups is 1. The van der Waals surface area contributed by atoms with Crippen LogP contribution >= 0.6 is 0 Å². The lowest BCUT2D eigenvalue weighted by Crippen LogP contribution is -2.37. The van der Waals surface area contributed by atoms with Gasteiger partial charge in [-0.1, -0.05) is 6.07 Å². The fourth-order valence-corrected chi connectivity index (χ4v) is 2.10. The van der Waals surface area contributed by atoms with Gasteiger partial charge in [0.25, 0.3) is 5.91 Å². The van der Waals surface area contributed by atoms with Gasteiger partial charge >= 0.3 is 0 Å². The van der Waals surface area contributed by atoms with Crippen LogP contribution < -0.4 is 10.2 Å². The van der Waals surface area contributed by atoms with Crippen LogP contribution in [0.25, 0.3) is 0 Å². The summed E-state index contributed by atoms with van der Waals surface area (Å²) in [6.07, 6.45) is 0. The first-order chi connectivity index (χ1) is 9.15. The Bertz CT molecular complexity index is 464. The molecule has 6 nitrogen and oxygen atoms in total. The summed E-state index contributed by atoms with van der Waals surface area (Å²) in [6.45, 7) is 1.82. The maximum absolute atomic E-state index is 11.4. The zero-order chi connectivity index (χ0) is 13.8. The predicted octanol–water partition coefficient (Wildman–Crippen LogP) is 0.645. The van der Waals surface area contributed by atoms with Gasteiger partial charge in [0.2, 0.25) is 0 Å². The normalized spacial score (nSPS) is 19.2. The zero-order valence-electron chi connectivity index (χ0n) is 11.0. The van der Waals surface area contributed by atoms with Gasteiger partial charge in [0.15, 0.2) is 0 Å². The molecular formula is C13H18N2O4. The minimum Gasteiger partial charge on any atom is -0.492 e. The fourth-order valence-electron chi connectivity index (χ4n) is 2.10. The number of fused-ring (bicyclic) bond motifs is 1. The molecule has 1 aliphatic heterocycles. The minimum atomic E-state index is -0.544. The van der Waals surface area contributed by atoms with E-state index in [0.717, 1.165) is 12.1 Å². The van der Waals surface area contributed by atoms with Crippen molar-refractivity contribution in [2.24, 2.45) is 0 Å². The van der Waals surface area contributed by atoms with E-state index in [4.69, 9.17) is 14.7 Å². The van der Waals surface area contributed by atoms with Gasteiger partial charge in [-0.05, 0) is 19.2 Å². The maximum atomic E-state index is 11.4. The molecule has 2 N–H and O–H groups in total. The molecule has 0 aromatic heterocycles. The standard InChI is InChI=1S/C13H18N2O4/c1-15-6-10-4-3-9(13(16)14-17)5-12(10)19-8-11(15)7-18-2/h3-5,11,17H,6-8H2,1-2H3,(H,14,16)/t11-/m0/s1. The van der Waals surface area contributed by atoms with Gasteiger partial charge in [-0.15, -0.1) is 0 Å². The number of benzene rings is 1. The topological polar surface area (TPSA) is 71.0 Å². The Hall–Kier alpha value is -1.63. The summed E-state index contributed by atoms with van der Waals surface area (Å²) in [4.78, 5) is 13.5. The Morgan fingerprint density at radius 3 is 3.11 bits per heavy atom. The maximum Gasteiger partial charge on any atom is 0.274 e. The quantitative estimate of drug-likeness (QED) is 0.621. The number of methoxy groups -OCH3 is 1. The molecule has 0 unspecified atom stereocenters. The Balaban J connectivity index is 2.22. The third kappa shape index (κ3) is 3.04. The molecule has 19 heavy (non-hydrogen) atoms. The van der Waals surface area contributed by atoms with Gasteiger partial charge in [-0.25, -0.2) is 5.48 Å². The molecule has 0 spiro atoms. The second kappa shape index (κ2) is 6.01. The minimum absolute atomic E-state index is 0.174. The Labute approximate surface area is 111 Å². The molecule has 104 valence electrons. The highest BCUT2D eigenvalue weighted by Gasteiger charge is 2.22. The highest BCUT2D eigenvalue weighted by molar-refractivity contribution is 5.93. The summed E-state index contributed by atoms with van der Waals surface area (Å²) in [5.74, 6) is 0.129. The highest BCUT2D eigenvalue weighted by Crippen LogP contribution is 2.25. The summed E-state index contributed by atoms with van der Waals surface area (Å²) in [6, 6.07) is 5.32. The molecule has 2 rings (SSSR count). The number of nitrogens with one attached hydrogen (secondary N) is 1. The van der Waals surface area contributed by atoms with Gasteiger partial charge in [0, 0.05) is 24.8 Å². The van der Waals surface area contributed by atoms with Crippen LogP contribution in [-0.2, 0) is 11.3 Å². The van der Waals surface area contributed by atoms with Crippen molar-refractivity contribution in [3.05, 3.63) is 29.3 Å². The molecule has 1 aromatic rings. The highest BCUT2D eigenvalue weighted by atomic mass is 16.5. The number of hydrogen-bond acceptors (Lipinski definition) is 5. The van der Waals surface area contributed by atoms with Gasteiger partial charge in [-0.3, -0.25) is 14.9 Å². The van der Waals surface area contributed by atoms with Crippen LogP contribution in [0.5, 0.6) is 5.75 Å². The number of rotatable bonds is 3. The molecule has 0 bridgehead atoms. The Morgan fingerprint density at radius 2 is 2.42 bits per heavy atom. The van der Waals surface area contributed by atoms with Gasteiger partial charge < -0.3 is 9.47 Å². The Kier molecular flexibility index (Phi) is 4.36. The van der Waals surface area contributed by atoms with Crippen molar-refractivity contribution >= 4 is 5.91 Å². The van der Waals surface area contributed by atoms with Crippen molar-refractivity contribution in [2.75, 3.05) is 27.4 Å². The average Bonchev–Trinajstić information content (AvgIpc) is 2.57. The average molecular weight is 266 g/mol. The largest absolute Gasteiger partial charge is 0.492 e. The number of hydrogen-bond donors (Lipinski definition) is 2. The monoisotopic (exact) mass is 266 g/mol. The van der Waals surface area contributed by atoms with Crippen molar-refractivity contribution in [3.63, 3.8) is 0 Å². The third-order valence-electron chi connectivity index (χ3n) is 3.26. The molecule has 0 saturated carbocycles. The van der Waals surface area contributed by atoms with Crippen LogP contribution in [0.4, 0.5) is 0 Å². The number of nitrogens with zero attached hydrogens (tertiary/aromatic N) is 1. The molecule has 1 heterocycles. The van der Waals surface area contributed by atoms with Crippen LogP contribution in [-0.4, -0.2) is 49.4 Å². The summed E-state index contributed by atoms with van der Waals surface area (Å²) in [5.41, 5.74) is 3.00. The first kappa shape index (κ1) is 13.8. The first-order valence-corrected chi connectivity index (χ1v) is 6.05. The van der Waals surface area contributed by atoms with Gasteiger partial charge in [-0.2, -0.15) is 0 Å². The molecule has 1 aliphatic rings. The van der Waals surface area contributed by atoms with E-state index in [9.17, 15) is 4.79 Å². The fraction of sp³-hybridized carbons (Fsp3) is 0.462. The second-order valence-corrected chi connectivity index (χ2v) is 4.60. The molecule has 0 radical (unpaired) electrons. The summed E-state index contributed by atoms with van der Waals surface area (Å²) in [5, 5.41) is 8.64. The summed E-state index contributed by atoms with van der Waals surface area (Å²) >= 11 is 0. The SMILES string of the molecule is COC[C@H]1COc2cc(C(=O)NO)ccc2CN1C. The van der Waals surface area contributed by atoms with Crippen LogP contribution in [0.3, 0.4) is 0 Å². The molecule has 0 fully saturated rings. The molecule has 0 saturated heterocycles. The van der Waals surface area contributed by atoms with Crippen LogP contribution in [0.2, 0.25) is 0 Å². The van der Waals surface area contributed by atoms with Crippen LogP contribution in [0.1, 0.15) is 15.9 Å². The summed E-state index contributed by atoms with van der Waals surface area (Å²) < 4.78 is 10.9. The first-order valence-electron chi connectivity index (χ1n) is 6.05. The smallest absolute Gasteiger partial charge is 0.274 e. The number of ether oxygens (including phenoxy) is 2. The number of carbonyl (C=O) groups excluding carboxylic acids is 1. The van der Waals surface area contributed by atoms with Crippen molar-refractivity contribution < 1.29 is 19.5 Å². The van der Waals surface area contributed by atoms with Crippen molar-refractivity contribution in [3.8, 4) is 5.75 Å². The van der Waals surface area contributed by atoms with Gasteiger partial charge in [0.05, 0.1) is 12.6 Å². The van der Waals surface area contributed by atoms with Crippen LogP contribution in [0.15, 0.2) is 18.2 Å². The van der Waals surface area contributed by atoms with E-state index in [-0.39, 0.29) is 6.04 Å². The zero-order valence-corrected chi connectivity index (χ0v) is 11.0.